The van der Waals surface area contributed by atoms with Crippen LogP contribution in [0, 0.1) is 5.92 Å². The molecule has 1 unspecified atom stereocenters. The van der Waals surface area contributed by atoms with Crippen LogP contribution in [0.4, 0.5) is 13.2 Å². The molecule has 4 nitrogen and oxygen atoms in total. The zero-order chi connectivity index (χ0) is 16.2. The zero-order valence-electron chi connectivity index (χ0n) is 12.4. The number of hydrogen-bond acceptors (Lipinski definition) is 3. The van der Waals surface area contributed by atoms with Gasteiger partial charge in [-0.25, -0.2) is 13.1 Å². The van der Waals surface area contributed by atoms with Gasteiger partial charge in [-0.15, -0.1) is 12.4 Å². The molecule has 1 aromatic carbocycles. The van der Waals surface area contributed by atoms with Crippen LogP contribution in [-0.4, -0.2) is 28.1 Å². The van der Waals surface area contributed by atoms with Crippen LogP contribution in [0.5, 0.6) is 0 Å². The maximum Gasteiger partial charge on any atom is 0.416 e. The van der Waals surface area contributed by atoms with Crippen LogP contribution in [0.3, 0.4) is 0 Å². The van der Waals surface area contributed by atoms with Crippen molar-refractivity contribution in [3.63, 3.8) is 0 Å². The van der Waals surface area contributed by atoms with Gasteiger partial charge >= 0.3 is 6.18 Å². The van der Waals surface area contributed by atoms with Crippen molar-refractivity contribution in [3.8, 4) is 0 Å². The number of rotatable bonds is 5. The third-order valence-electron chi connectivity index (χ3n) is 3.74. The molecule has 1 aliphatic rings. The molecule has 0 aliphatic carbocycles. The van der Waals surface area contributed by atoms with E-state index < -0.39 is 21.8 Å². The summed E-state index contributed by atoms with van der Waals surface area (Å²) in [5, 5.41) is 3.25. The lowest BCUT2D eigenvalue weighted by molar-refractivity contribution is -0.137. The summed E-state index contributed by atoms with van der Waals surface area (Å²) < 4.78 is 63.9. The van der Waals surface area contributed by atoms with E-state index in [4.69, 9.17) is 0 Å². The molecule has 1 saturated heterocycles. The first kappa shape index (κ1) is 20.2. The Hall–Kier alpha value is -0.830. The fourth-order valence-electron chi connectivity index (χ4n) is 2.47. The van der Waals surface area contributed by atoms with E-state index in [0.29, 0.717) is 12.3 Å². The van der Waals surface area contributed by atoms with E-state index in [0.717, 1.165) is 50.2 Å². The highest BCUT2D eigenvalue weighted by Gasteiger charge is 2.30. The lowest BCUT2D eigenvalue weighted by Crippen LogP contribution is -2.33. The van der Waals surface area contributed by atoms with Crippen LogP contribution in [0.2, 0.25) is 0 Å². The number of alkyl halides is 3. The Bertz CT molecular complexity index is 585. The number of sulfonamides is 1. The minimum atomic E-state index is -4.47. The highest BCUT2D eigenvalue weighted by atomic mass is 35.5. The molecule has 1 aliphatic heterocycles. The Morgan fingerprint density at radius 1 is 1.22 bits per heavy atom. The normalized spacial score (nSPS) is 19.2. The minimum absolute atomic E-state index is 0. The van der Waals surface area contributed by atoms with Crippen molar-refractivity contribution in [2.75, 3.05) is 19.6 Å². The lowest BCUT2D eigenvalue weighted by Gasteiger charge is -2.22. The van der Waals surface area contributed by atoms with Gasteiger partial charge in [-0.05, 0) is 62.5 Å². The molecule has 1 atom stereocenters. The van der Waals surface area contributed by atoms with Crippen LogP contribution in [-0.2, 0) is 16.2 Å². The zero-order valence-corrected chi connectivity index (χ0v) is 14.0. The van der Waals surface area contributed by atoms with E-state index in [9.17, 15) is 21.6 Å². The van der Waals surface area contributed by atoms with E-state index in [1.165, 1.54) is 0 Å². The number of benzene rings is 1. The Labute approximate surface area is 140 Å². The van der Waals surface area contributed by atoms with Crippen LogP contribution in [0.1, 0.15) is 24.8 Å². The van der Waals surface area contributed by atoms with Gasteiger partial charge in [0.15, 0.2) is 0 Å². The highest BCUT2D eigenvalue weighted by Crippen LogP contribution is 2.29. The molecular formula is C14H20ClF3N2O2S. The number of halogens is 4. The molecule has 2 rings (SSSR count). The van der Waals surface area contributed by atoms with Crippen LogP contribution < -0.4 is 10.0 Å². The third kappa shape index (κ3) is 5.95. The van der Waals surface area contributed by atoms with E-state index in [1.807, 2.05) is 0 Å². The van der Waals surface area contributed by atoms with Gasteiger partial charge in [0.2, 0.25) is 10.0 Å². The maximum absolute atomic E-state index is 12.5. The standard InChI is InChI=1S/C14H19F3N2O2S.ClH/c15-14(16,17)12-3-5-13(6-4-12)22(20,21)19-9-7-11-2-1-8-18-10-11;/h3-6,11,18-19H,1-2,7-10H2;1H. The topological polar surface area (TPSA) is 58.2 Å². The van der Waals surface area contributed by atoms with Gasteiger partial charge in [-0.1, -0.05) is 0 Å². The summed E-state index contributed by atoms with van der Waals surface area (Å²) in [6, 6.07) is 3.51. The monoisotopic (exact) mass is 372 g/mol. The van der Waals surface area contributed by atoms with Gasteiger partial charge in [0.1, 0.15) is 0 Å². The second-order valence-electron chi connectivity index (χ2n) is 5.42. The molecule has 0 amide bonds. The van der Waals surface area contributed by atoms with Gasteiger partial charge in [0, 0.05) is 6.54 Å². The van der Waals surface area contributed by atoms with Gasteiger partial charge in [0.05, 0.1) is 10.5 Å². The first-order valence-corrected chi connectivity index (χ1v) is 8.65. The second kappa shape index (κ2) is 8.32. The average molecular weight is 373 g/mol. The quantitative estimate of drug-likeness (QED) is 0.835. The summed E-state index contributed by atoms with van der Waals surface area (Å²) in [5.74, 6) is 0.434. The molecular weight excluding hydrogens is 353 g/mol. The number of nitrogens with one attached hydrogen (secondary N) is 2. The van der Waals surface area contributed by atoms with Crippen molar-refractivity contribution in [2.24, 2.45) is 5.92 Å². The smallest absolute Gasteiger partial charge is 0.316 e. The predicted molar refractivity (Wildman–Crippen MR) is 84.1 cm³/mol. The first-order valence-electron chi connectivity index (χ1n) is 7.17. The van der Waals surface area contributed by atoms with Crippen molar-refractivity contribution in [3.05, 3.63) is 29.8 Å². The SMILES string of the molecule is Cl.O=S(=O)(NCCC1CCCNC1)c1ccc(C(F)(F)F)cc1. The van der Waals surface area contributed by atoms with Gasteiger partial charge in [-0.3, -0.25) is 0 Å². The molecule has 1 fully saturated rings. The molecule has 0 radical (unpaired) electrons. The van der Waals surface area contributed by atoms with Crippen LogP contribution >= 0.6 is 12.4 Å². The molecule has 0 bridgehead atoms. The molecule has 1 heterocycles. The molecule has 132 valence electrons. The molecule has 9 heteroatoms. The Morgan fingerprint density at radius 2 is 1.87 bits per heavy atom. The van der Waals surface area contributed by atoms with Gasteiger partial charge in [-0.2, -0.15) is 13.2 Å². The van der Waals surface area contributed by atoms with Crippen molar-refractivity contribution in [2.45, 2.75) is 30.3 Å². The van der Waals surface area contributed by atoms with E-state index >= 15 is 0 Å². The molecule has 2 N–H and O–H groups in total. The van der Waals surface area contributed by atoms with Crippen LogP contribution in [0.15, 0.2) is 29.2 Å². The third-order valence-corrected chi connectivity index (χ3v) is 5.21. The summed E-state index contributed by atoms with van der Waals surface area (Å²) in [4.78, 5) is -0.151. The molecule has 0 saturated carbocycles. The number of hydrogen-bond donors (Lipinski definition) is 2. The maximum atomic E-state index is 12.5. The largest absolute Gasteiger partial charge is 0.416 e. The summed E-state index contributed by atoms with van der Waals surface area (Å²) in [5.41, 5.74) is -0.861. The molecule has 1 aromatic rings. The lowest BCUT2D eigenvalue weighted by atomic mass is 9.96. The number of piperidine rings is 1. The first-order chi connectivity index (χ1) is 10.3. The van der Waals surface area contributed by atoms with E-state index in [1.54, 1.807) is 0 Å². The van der Waals surface area contributed by atoms with Crippen LogP contribution in [0.25, 0.3) is 0 Å². The van der Waals surface area contributed by atoms with Crippen molar-refractivity contribution < 1.29 is 21.6 Å². The van der Waals surface area contributed by atoms with Gasteiger partial charge < -0.3 is 5.32 Å². The Morgan fingerprint density at radius 3 is 2.39 bits per heavy atom. The Kier molecular flexibility index (Phi) is 7.31. The van der Waals surface area contributed by atoms with Crippen molar-refractivity contribution >= 4 is 22.4 Å². The average Bonchev–Trinajstić information content (AvgIpc) is 2.47. The summed E-state index contributed by atoms with van der Waals surface area (Å²) in [6.45, 7) is 2.16. The van der Waals surface area contributed by atoms with Crippen molar-refractivity contribution in [1.29, 1.82) is 0 Å². The predicted octanol–water partition coefficient (Wildman–Crippen LogP) is 2.80. The fraction of sp³-hybridized carbons (Fsp3) is 0.571. The van der Waals surface area contributed by atoms with Gasteiger partial charge in [0.25, 0.3) is 0 Å². The molecule has 0 aromatic heterocycles. The van der Waals surface area contributed by atoms with E-state index in [-0.39, 0.29) is 23.8 Å². The molecule has 23 heavy (non-hydrogen) atoms. The Balaban J connectivity index is 0.00000264. The highest BCUT2D eigenvalue weighted by molar-refractivity contribution is 7.89. The van der Waals surface area contributed by atoms with E-state index in [2.05, 4.69) is 10.0 Å². The molecule has 0 spiro atoms. The summed E-state index contributed by atoms with van der Waals surface area (Å²) >= 11 is 0. The fourth-order valence-corrected chi connectivity index (χ4v) is 3.52. The van der Waals surface area contributed by atoms with Crippen molar-refractivity contribution in [1.82, 2.24) is 10.0 Å². The summed E-state index contributed by atoms with van der Waals surface area (Å²) in [7, 11) is -3.76. The minimum Gasteiger partial charge on any atom is -0.316 e. The second-order valence-corrected chi connectivity index (χ2v) is 7.19. The summed E-state index contributed by atoms with van der Waals surface area (Å²) in [6.07, 6.45) is -1.61.